The Bertz CT molecular complexity index is 988. The molecule has 4 rings (SSSR count). The lowest BCUT2D eigenvalue weighted by atomic mass is 9.87. The molecule has 2 aromatic rings. The SMILES string of the molecule is COc1cccc(C(=O)N2C[C@H](C(=O)NCC3CC3)[C@@H](c3cc(OC)ccc3OC)C2)c1. The predicted octanol–water partition coefficient (Wildman–Crippen LogP) is 3.09. The molecule has 2 aromatic carbocycles. The van der Waals surface area contributed by atoms with Crippen molar-refractivity contribution in [1.29, 1.82) is 0 Å². The zero-order chi connectivity index (χ0) is 22.7. The van der Waals surface area contributed by atoms with E-state index in [1.54, 1.807) is 50.5 Å². The molecule has 1 N–H and O–H groups in total. The minimum Gasteiger partial charge on any atom is -0.497 e. The quantitative estimate of drug-likeness (QED) is 0.685. The summed E-state index contributed by atoms with van der Waals surface area (Å²) in [5, 5.41) is 3.10. The highest BCUT2D eigenvalue weighted by Gasteiger charge is 2.42. The van der Waals surface area contributed by atoms with E-state index in [0.29, 0.717) is 48.4 Å². The molecule has 7 nitrogen and oxygen atoms in total. The van der Waals surface area contributed by atoms with Crippen molar-refractivity contribution in [1.82, 2.24) is 10.2 Å². The van der Waals surface area contributed by atoms with Gasteiger partial charge in [0, 0.05) is 36.7 Å². The normalized spacial score (nSPS) is 20.0. The van der Waals surface area contributed by atoms with E-state index in [0.717, 1.165) is 5.56 Å². The molecule has 2 atom stereocenters. The van der Waals surface area contributed by atoms with Gasteiger partial charge >= 0.3 is 0 Å². The molecule has 2 fully saturated rings. The molecule has 2 amide bonds. The lowest BCUT2D eigenvalue weighted by molar-refractivity contribution is -0.125. The van der Waals surface area contributed by atoms with Crippen LogP contribution in [0.5, 0.6) is 17.2 Å². The molecule has 0 radical (unpaired) electrons. The number of hydrogen-bond donors (Lipinski definition) is 1. The maximum absolute atomic E-state index is 13.3. The Morgan fingerprint density at radius 3 is 2.41 bits per heavy atom. The average molecular weight is 439 g/mol. The summed E-state index contributed by atoms with van der Waals surface area (Å²) in [6.45, 7) is 1.46. The van der Waals surface area contributed by atoms with Gasteiger partial charge in [0.1, 0.15) is 17.2 Å². The first-order chi connectivity index (χ1) is 15.5. The maximum atomic E-state index is 13.3. The van der Waals surface area contributed by atoms with Crippen LogP contribution in [-0.4, -0.2) is 57.7 Å². The molecule has 7 heteroatoms. The molecule has 170 valence electrons. The fourth-order valence-corrected chi connectivity index (χ4v) is 4.32. The van der Waals surface area contributed by atoms with E-state index in [1.807, 2.05) is 18.2 Å². The standard InChI is InChI=1S/C25H30N2O5/c1-30-18-6-4-5-17(11-18)25(29)27-14-21(20-12-19(31-2)9-10-23(20)32-3)22(15-27)24(28)26-13-16-7-8-16/h4-6,9-12,16,21-22H,7-8,13-15H2,1-3H3,(H,26,28)/t21-,22+/m1/s1. The molecular formula is C25H30N2O5. The molecular weight excluding hydrogens is 408 g/mol. The first-order valence-electron chi connectivity index (χ1n) is 11.0. The van der Waals surface area contributed by atoms with E-state index >= 15 is 0 Å². The van der Waals surface area contributed by atoms with Crippen molar-refractivity contribution in [3.05, 3.63) is 53.6 Å². The lowest BCUT2D eigenvalue weighted by Crippen LogP contribution is -2.36. The fourth-order valence-electron chi connectivity index (χ4n) is 4.32. The number of amides is 2. The summed E-state index contributed by atoms with van der Waals surface area (Å²) < 4.78 is 16.3. The Labute approximate surface area is 188 Å². The summed E-state index contributed by atoms with van der Waals surface area (Å²) in [5.41, 5.74) is 1.42. The van der Waals surface area contributed by atoms with Gasteiger partial charge in [-0.25, -0.2) is 0 Å². The largest absolute Gasteiger partial charge is 0.497 e. The zero-order valence-electron chi connectivity index (χ0n) is 18.8. The molecule has 1 aliphatic carbocycles. The van der Waals surface area contributed by atoms with E-state index in [-0.39, 0.29) is 23.7 Å². The molecule has 0 aromatic heterocycles. The molecule has 1 aliphatic heterocycles. The average Bonchev–Trinajstić information content (AvgIpc) is 3.57. The Kier molecular flexibility index (Phi) is 6.53. The molecule has 1 saturated carbocycles. The van der Waals surface area contributed by atoms with Gasteiger partial charge in [0.25, 0.3) is 5.91 Å². The lowest BCUT2D eigenvalue weighted by Gasteiger charge is -2.21. The number of ether oxygens (including phenoxy) is 3. The van der Waals surface area contributed by atoms with Crippen LogP contribution in [0, 0.1) is 11.8 Å². The van der Waals surface area contributed by atoms with Crippen molar-refractivity contribution in [2.24, 2.45) is 11.8 Å². The first kappa shape index (κ1) is 22.0. The predicted molar refractivity (Wildman–Crippen MR) is 120 cm³/mol. The van der Waals surface area contributed by atoms with Gasteiger partial charge in [-0.05, 0) is 55.2 Å². The van der Waals surface area contributed by atoms with Gasteiger partial charge in [-0.15, -0.1) is 0 Å². The summed E-state index contributed by atoms with van der Waals surface area (Å²) in [4.78, 5) is 28.2. The second-order valence-electron chi connectivity index (χ2n) is 8.45. The first-order valence-corrected chi connectivity index (χ1v) is 11.0. The number of nitrogens with zero attached hydrogens (tertiary/aromatic N) is 1. The van der Waals surface area contributed by atoms with Crippen LogP contribution in [0.3, 0.4) is 0 Å². The Hall–Kier alpha value is -3.22. The van der Waals surface area contributed by atoms with Gasteiger partial charge in [0.15, 0.2) is 0 Å². The number of likely N-dealkylation sites (tertiary alicyclic amines) is 1. The van der Waals surface area contributed by atoms with Crippen molar-refractivity contribution in [2.75, 3.05) is 41.0 Å². The van der Waals surface area contributed by atoms with Crippen molar-refractivity contribution < 1.29 is 23.8 Å². The molecule has 1 heterocycles. The topological polar surface area (TPSA) is 77.1 Å². The number of hydrogen-bond acceptors (Lipinski definition) is 5. The van der Waals surface area contributed by atoms with Crippen molar-refractivity contribution in [3.63, 3.8) is 0 Å². The second-order valence-corrected chi connectivity index (χ2v) is 8.45. The minimum atomic E-state index is -0.371. The number of carbonyl (C=O) groups excluding carboxylic acids is 2. The molecule has 32 heavy (non-hydrogen) atoms. The third-order valence-corrected chi connectivity index (χ3v) is 6.36. The smallest absolute Gasteiger partial charge is 0.254 e. The van der Waals surface area contributed by atoms with Gasteiger partial charge in [-0.2, -0.15) is 0 Å². The van der Waals surface area contributed by atoms with Crippen LogP contribution in [0.25, 0.3) is 0 Å². The number of rotatable bonds is 8. The summed E-state index contributed by atoms with van der Waals surface area (Å²) >= 11 is 0. The fraction of sp³-hybridized carbons (Fsp3) is 0.440. The van der Waals surface area contributed by atoms with Gasteiger partial charge in [-0.3, -0.25) is 9.59 Å². The molecule has 0 spiro atoms. The van der Waals surface area contributed by atoms with E-state index in [2.05, 4.69) is 5.32 Å². The highest BCUT2D eigenvalue weighted by molar-refractivity contribution is 5.95. The summed E-state index contributed by atoms with van der Waals surface area (Å²) in [7, 11) is 4.80. The molecule has 2 aliphatic rings. The van der Waals surface area contributed by atoms with Crippen LogP contribution < -0.4 is 19.5 Å². The van der Waals surface area contributed by atoms with Gasteiger partial charge < -0.3 is 24.4 Å². The van der Waals surface area contributed by atoms with E-state index in [9.17, 15) is 9.59 Å². The van der Waals surface area contributed by atoms with Gasteiger partial charge in [0.05, 0.1) is 27.2 Å². The molecule has 0 unspecified atom stereocenters. The Balaban J connectivity index is 1.63. The van der Waals surface area contributed by atoms with Crippen LogP contribution in [0.2, 0.25) is 0 Å². The summed E-state index contributed by atoms with van der Waals surface area (Å²) in [6, 6.07) is 12.7. The van der Waals surface area contributed by atoms with Crippen molar-refractivity contribution in [3.8, 4) is 17.2 Å². The van der Waals surface area contributed by atoms with E-state index in [4.69, 9.17) is 14.2 Å². The highest BCUT2D eigenvalue weighted by Crippen LogP contribution is 2.40. The Morgan fingerprint density at radius 2 is 1.72 bits per heavy atom. The minimum absolute atomic E-state index is 0.0206. The van der Waals surface area contributed by atoms with Crippen molar-refractivity contribution >= 4 is 11.8 Å². The number of benzene rings is 2. The summed E-state index contributed by atoms with van der Waals surface area (Å²) in [5.74, 6) is 1.88. The van der Waals surface area contributed by atoms with E-state index in [1.165, 1.54) is 12.8 Å². The Morgan fingerprint density at radius 1 is 0.969 bits per heavy atom. The summed E-state index contributed by atoms with van der Waals surface area (Å²) in [6.07, 6.45) is 2.33. The molecule has 1 saturated heterocycles. The monoisotopic (exact) mass is 438 g/mol. The van der Waals surface area contributed by atoms with Gasteiger partial charge in [-0.1, -0.05) is 6.07 Å². The number of carbonyl (C=O) groups is 2. The second kappa shape index (κ2) is 9.51. The van der Waals surface area contributed by atoms with Crippen LogP contribution in [0.1, 0.15) is 34.7 Å². The highest BCUT2D eigenvalue weighted by atomic mass is 16.5. The van der Waals surface area contributed by atoms with Crippen LogP contribution >= 0.6 is 0 Å². The van der Waals surface area contributed by atoms with Crippen LogP contribution in [-0.2, 0) is 4.79 Å². The number of nitrogens with one attached hydrogen (secondary N) is 1. The zero-order valence-corrected chi connectivity index (χ0v) is 18.8. The molecule has 0 bridgehead atoms. The van der Waals surface area contributed by atoms with Crippen molar-refractivity contribution in [2.45, 2.75) is 18.8 Å². The van der Waals surface area contributed by atoms with E-state index < -0.39 is 0 Å². The maximum Gasteiger partial charge on any atom is 0.254 e. The third kappa shape index (κ3) is 4.66. The number of methoxy groups -OCH3 is 3. The van der Waals surface area contributed by atoms with Gasteiger partial charge in [0.2, 0.25) is 5.91 Å². The van der Waals surface area contributed by atoms with Crippen LogP contribution in [0.15, 0.2) is 42.5 Å². The van der Waals surface area contributed by atoms with Crippen LogP contribution in [0.4, 0.5) is 0 Å². The third-order valence-electron chi connectivity index (χ3n) is 6.36.